The molecule has 3 heteroatoms. The molecule has 72 valence electrons. The smallest absolute Gasteiger partial charge is 0.0570 e. The van der Waals surface area contributed by atoms with Crippen LogP contribution in [-0.2, 0) is 0 Å². The Hall–Kier alpha value is 0.270. The first kappa shape index (κ1) is 10.4. The number of hydrogen-bond acceptors (Lipinski definition) is 3. The summed E-state index contributed by atoms with van der Waals surface area (Å²) < 4.78 is 0. The van der Waals surface area contributed by atoms with Gasteiger partial charge in [-0.3, -0.25) is 0 Å². The maximum atomic E-state index is 9.02. The molecule has 1 aliphatic carbocycles. The predicted octanol–water partition coefficient (Wildman–Crippen LogP) is 1.24. The quantitative estimate of drug-likeness (QED) is 0.617. The molecule has 1 rings (SSSR count). The summed E-state index contributed by atoms with van der Waals surface area (Å²) >= 11 is 1.91. The fourth-order valence-electron chi connectivity index (χ4n) is 1.43. The van der Waals surface area contributed by atoms with E-state index in [2.05, 4.69) is 11.6 Å². The zero-order valence-corrected chi connectivity index (χ0v) is 8.57. The molecular formula is C9H19NOS. The molecule has 2 nitrogen and oxygen atoms in total. The van der Waals surface area contributed by atoms with Gasteiger partial charge >= 0.3 is 0 Å². The zero-order valence-electron chi connectivity index (χ0n) is 7.75. The molecule has 0 amide bonds. The first-order chi connectivity index (χ1) is 5.83. The van der Waals surface area contributed by atoms with Crippen molar-refractivity contribution in [1.29, 1.82) is 0 Å². The third-order valence-electron chi connectivity index (χ3n) is 2.32. The second-order valence-electron chi connectivity index (χ2n) is 3.48. The Morgan fingerprint density at radius 2 is 2.17 bits per heavy atom. The van der Waals surface area contributed by atoms with Crippen LogP contribution in [0.5, 0.6) is 0 Å². The predicted molar refractivity (Wildman–Crippen MR) is 54.6 cm³/mol. The second-order valence-corrected chi connectivity index (χ2v) is 4.46. The van der Waals surface area contributed by atoms with Crippen LogP contribution in [0.4, 0.5) is 0 Å². The maximum Gasteiger partial charge on any atom is 0.0570 e. The van der Waals surface area contributed by atoms with Gasteiger partial charge in [-0.2, -0.15) is 11.8 Å². The van der Waals surface area contributed by atoms with Crippen LogP contribution in [0, 0.1) is 0 Å². The Morgan fingerprint density at radius 1 is 1.42 bits per heavy atom. The van der Waals surface area contributed by atoms with E-state index in [0.717, 1.165) is 19.4 Å². The van der Waals surface area contributed by atoms with E-state index < -0.39 is 0 Å². The van der Waals surface area contributed by atoms with Crippen molar-refractivity contribution < 1.29 is 5.11 Å². The van der Waals surface area contributed by atoms with E-state index in [1.165, 1.54) is 18.6 Å². The number of hydrogen-bond donors (Lipinski definition) is 2. The van der Waals surface area contributed by atoms with Crippen molar-refractivity contribution in [2.24, 2.45) is 0 Å². The minimum absolute atomic E-state index is 0.0197. The molecule has 0 atom stereocenters. The molecule has 0 spiro atoms. The van der Waals surface area contributed by atoms with Gasteiger partial charge in [-0.15, -0.1) is 0 Å². The van der Waals surface area contributed by atoms with Gasteiger partial charge in [0.1, 0.15) is 0 Å². The van der Waals surface area contributed by atoms with E-state index in [1.54, 1.807) is 0 Å². The number of rotatable bonds is 6. The number of aliphatic hydroxyl groups excluding tert-OH is 1. The summed E-state index contributed by atoms with van der Waals surface area (Å²) in [5, 5.41) is 12.5. The topological polar surface area (TPSA) is 32.3 Å². The largest absolute Gasteiger partial charge is 0.393 e. The average Bonchev–Trinajstić information content (AvgIpc) is 2.00. The standard InChI is InChI=1S/C9H19NOS/c1-12-5-3-2-4-10-8-6-9(11)7-8/h8-11H,2-7H2,1H3. The molecular weight excluding hydrogens is 170 g/mol. The molecule has 1 saturated carbocycles. The van der Waals surface area contributed by atoms with E-state index in [1.807, 2.05) is 11.8 Å². The highest BCUT2D eigenvalue weighted by Gasteiger charge is 2.25. The SMILES string of the molecule is CSCCCCNC1CC(O)C1. The van der Waals surface area contributed by atoms with Gasteiger partial charge in [0.25, 0.3) is 0 Å². The molecule has 1 aliphatic rings. The van der Waals surface area contributed by atoms with Crippen molar-refractivity contribution in [2.45, 2.75) is 37.8 Å². The van der Waals surface area contributed by atoms with Gasteiger partial charge in [-0.05, 0) is 44.2 Å². The van der Waals surface area contributed by atoms with Crippen molar-refractivity contribution >= 4 is 11.8 Å². The lowest BCUT2D eigenvalue weighted by molar-refractivity contribution is 0.0626. The third kappa shape index (κ3) is 3.78. The van der Waals surface area contributed by atoms with E-state index in [-0.39, 0.29) is 6.10 Å². The highest BCUT2D eigenvalue weighted by Crippen LogP contribution is 2.19. The van der Waals surface area contributed by atoms with Crippen LogP contribution in [0.3, 0.4) is 0 Å². The second kappa shape index (κ2) is 5.84. The Kier molecular flexibility index (Phi) is 5.04. The summed E-state index contributed by atoms with van der Waals surface area (Å²) in [5.74, 6) is 1.27. The van der Waals surface area contributed by atoms with Crippen LogP contribution in [0.25, 0.3) is 0 Å². The molecule has 0 bridgehead atoms. The van der Waals surface area contributed by atoms with Crippen molar-refractivity contribution in [3.8, 4) is 0 Å². The molecule has 12 heavy (non-hydrogen) atoms. The zero-order chi connectivity index (χ0) is 8.81. The number of unbranched alkanes of at least 4 members (excludes halogenated alkanes) is 1. The van der Waals surface area contributed by atoms with E-state index in [9.17, 15) is 0 Å². The van der Waals surface area contributed by atoms with Crippen molar-refractivity contribution in [3.63, 3.8) is 0 Å². The summed E-state index contributed by atoms with van der Waals surface area (Å²) in [7, 11) is 0. The summed E-state index contributed by atoms with van der Waals surface area (Å²) in [4.78, 5) is 0. The van der Waals surface area contributed by atoms with E-state index in [4.69, 9.17) is 5.11 Å². The normalized spacial score (nSPS) is 28.5. The lowest BCUT2D eigenvalue weighted by atomic mass is 9.89. The summed E-state index contributed by atoms with van der Waals surface area (Å²) in [6.45, 7) is 1.12. The highest BCUT2D eigenvalue weighted by atomic mass is 32.2. The fourth-order valence-corrected chi connectivity index (χ4v) is 1.92. The molecule has 0 heterocycles. The third-order valence-corrected chi connectivity index (χ3v) is 3.02. The van der Waals surface area contributed by atoms with Crippen LogP contribution in [0.1, 0.15) is 25.7 Å². The highest BCUT2D eigenvalue weighted by molar-refractivity contribution is 7.98. The van der Waals surface area contributed by atoms with Crippen molar-refractivity contribution in [2.75, 3.05) is 18.6 Å². The Bertz CT molecular complexity index is 115. The van der Waals surface area contributed by atoms with Crippen LogP contribution >= 0.6 is 11.8 Å². The lowest BCUT2D eigenvalue weighted by Crippen LogP contribution is -2.44. The minimum atomic E-state index is -0.0197. The first-order valence-corrected chi connectivity index (χ1v) is 6.12. The van der Waals surface area contributed by atoms with Gasteiger partial charge in [-0.25, -0.2) is 0 Å². The van der Waals surface area contributed by atoms with Crippen molar-refractivity contribution in [1.82, 2.24) is 5.32 Å². The van der Waals surface area contributed by atoms with Crippen molar-refractivity contribution in [3.05, 3.63) is 0 Å². The summed E-state index contributed by atoms with van der Waals surface area (Å²) in [6, 6.07) is 0.606. The van der Waals surface area contributed by atoms with Crippen LogP contribution in [-0.4, -0.2) is 35.8 Å². The van der Waals surface area contributed by atoms with Gasteiger partial charge < -0.3 is 10.4 Å². The van der Waals surface area contributed by atoms with Gasteiger partial charge in [0.2, 0.25) is 0 Å². The minimum Gasteiger partial charge on any atom is -0.393 e. The Morgan fingerprint density at radius 3 is 2.75 bits per heavy atom. The summed E-state index contributed by atoms with van der Waals surface area (Å²) in [6.07, 6.45) is 6.63. The summed E-state index contributed by atoms with van der Waals surface area (Å²) in [5.41, 5.74) is 0. The molecule has 0 aromatic rings. The van der Waals surface area contributed by atoms with Gasteiger partial charge in [0, 0.05) is 6.04 Å². The molecule has 0 radical (unpaired) electrons. The monoisotopic (exact) mass is 189 g/mol. The van der Waals surface area contributed by atoms with Gasteiger partial charge in [-0.1, -0.05) is 0 Å². The lowest BCUT2D eigenvalue weighted by Gasteiger charge is -2.32. The molecule has 0 aromatic carbocycles. The molecule has 0 unspecified atom stereocenters. The maximum absolute atomic E-state index is 9.02. The Balaban J connectivity index is 1.77. The number of nitrogens with one attached hydrogen (secondary N) is 1. The molecule has 0 aromatic heterocycles. The van der Waals surface area contributed by atoms with Gasteiger partial charge in [0.15, 0.2) is 0 Å². The first-order valence-electron chi connectivity index (χ1n) is 4.73. The van der Waals surface area contributed by atoms with E-state index >= 15 is 0 Å². The van der Waals surface area contributed by atoms with Crippen LogP contribution in [0.15, 0.2) is 0 Å². The Labute approximate surface area is 79.1 Å². The van der Waals surface area contributed by atoms with Crippen LogP contribution < -0.4 is 5.32 Å². The molecule has 1 fully saturated rings. The average molecular weight is 189 g/mol. The fraction of sp³-hybridized carbons (Fsp3) is 1.00. The number of thioether (sulfide) groups is 1. The molecule has 0 aliphatic heterocycles. The van der Waals surface area contributed by atoms with Crippen LogP contribution in [0.2, 0.25) is 0 Å². The van der Waals surface area contributed by atoms with Gasteiger partial charge in [0.05, 0.1) is 6.10 Å². The number of aliphatic hydroxyl groups is 1. The molecule has 0 saturated heterocycles. The molecule has 2 N–H and O–H groups in total. The van der Waals surface area contributed by atoms with E-state index in [0.29, 0.717) is 6.04 Å².